The molecule has 25 heavy (non-hydrogen) atoms. The van der Waals surface area contributed by atoms with E-state index in [9.17, 15) is 14.4 Å². The van der Waals surface area contributed by atoms with Crippen molar-refractivity contribution in [3.63, 3.8) is 0 Å². The highest BCUT2D eigenvalue weighted by molar-refractivity contribution is 9.10. The van der Waals surface area contributed by atoms with Crippen LogP contribution in [0.15, 0.2) is 58.6 Å². The van der Waals surface area contributed by atoms with Crippen molar-refractivity contribution < 1.29 is 19.1 Å². The number of nitrogens with one attached hydrogen (secondary N) is 1. The Bertz CT molecular complexity index is 893. The summed E-state index contributed by atoms with van der Waals surface area (Å²) < 4.78 is 5.91. The molecule has 1 saturated heterocycles. The first-order valence-electron chi connectivity index (χ1n) is 7.30. The van der Waals surface area contributed by atoms with Crippen molar-refractivity contribution in [2.45, 2.75) is 0 Å². The van der Waals surface area contributed by atoms with Crippen LogP contribution in [0, 0.1) is 0 Å². The molecule has 3 rings (SSSR count). The molecular formula is C18H13BrN2O4. The van der Waals surface area contributed by atoms with Gasteiger partial charge in [-0.1, -0.05) is 34.1 Å². The summed E-state index contributed by atoms with van der Waals surface area (Å²) in [5.74, 6) is -0.846. The van der Waals surface area contributed by atoms with Gasteiger partial charge < -0.3 is 4.74 Å². The molecule has 7 heteroatoms. The molecule has 2 aromatic carbocycles. The molecule has 1 heterocycles. The van der Waals surface area contributed by atoms with Gasteiger partial charge in [-0.15, -0.1) is 0 Å². The predicted octanol–water partition coefficient (Wildman–Crippen LogP) is 3.12. The molecule has 0 aromatic heterocycles. The smallest absolute Gasteiger partial charge is 0.335 e. The van der Waals surface area contributed by atoms with Gasteiger partial charge in [0.15, 0.2) is 0 Å². The Kier molecular flexibility index (Phi) is 4.67. The van der Waals surface area contributed by atoms with Crippen LogP contribution < -0.4 is 15.0 Å². The summed E-state index contributed by atoms with van der Waals surface area (Å²) in [6.07, 6.45) is 1.42. The summed E-state index contributed by atoms with van der Waals surface area (Å²) >= 11 is 3.35. The zero-order chi connectivity index (χ0) is 18.0. The van der Waals surface area contributed by atoms with Gasteiger partial charge in [0.1, 0.15) is 11.3 Å². The molecule has 6 nitrogen and oxygen atoms in total. The van der Waals surface area contributed by atoms with E-state index in [1.54, 1.807) is 48.5 Å². The Labute approximate surface area is 152 Å². The minimum atomic E-state index is -0.773. The Hall–Kier alpha value is -2.93. The van der Waals surface area contributed by atoms with Gasteiger partial charge in [0, 0.05) is 4.47 Å². The summed E-state index contributed by atoms with van der Waals surface area (Å²) in [7, 11) is 1.52. The van der Waals surface area contributed by atoms with Gasteiger partial charge in [0.25, 0.3) is 11.8 Å². The van der Waals surface area contributed by atoms with Crippen LogP contribution in [0.4, 0.5) is 10.5 Å². The van der Waals surface area contributed by atoms with Gasteiger partial charge in [-0.2, -0.15) is 0 Å². The Balaban J connectivity index is 2.03. The molecule has 126 valence electrons. The maximum Gasteiger partial charge on any atom is 0.335 e. The van der Waals surface area contributed by atoms with E-state index in [2.05, 4.69) is 21.2 Å². The van der Waals surface area contributed by atoms with E-state index in [-0.39, 0.29) is 5.57 Å². The van der Waals surface area contributed by atoms with Crippen LogP contribution in [0.25, 0.3) is 6.08 Å². The number of carbonyl (C=O) groups is 3. The molecule has 0 saturated carbocycles. The average molecular weight is 401 g/mol. The number of hydrogen-bond donors (Lipinski definition) is 1. The van der Waals surface area contributed by atoms with Gasteiger partial charge in [0.2, 0.25) is 0 Å². The highest BCUT2D eigenvalue weighted by atomic mass is 79.9. The van der Waals surface area contributed by atoms with Gasteiger partial charge in [-0.05, 0) is 42.0 Å². The largest absolute Gasteiger partial charge is 0.497 e. The lowest BCUT2D eigenvalue weighted by Gasteiger charge is -2.26. The lowest BCUT2D eigenvalue weighted by atomic mass is 10.1. The first kappa shape index (κ1) is 16.9. The third-order valence-electron chi connectivity index (χ3n) is 3.56. The van der Waals surface area contributed by atoms with Gasteiger partial charge in [-0.25, -0.2) is 9.69 Å². The van der Waals surface area contributed by atoms with Crippen LogP contribution in [-0.4, -0.2) is 25.0 Å². The number of ether oxygens (including phenoxy) is 1. The fourth-order valence-corrected chi connectivity index (χ4v) is 2.91. The van der Waals surface area contributed by atoms with Gasteiger partial charge in [0.05, 0.1) is 12.8 Å². The molecule has 0 spiro atoms. The number of para-hydroxylation sites is 1. The second-order valence-corrected chi connectivity index (χ2v) is 6.13. The van der Waals surface area contributed by atoms with E-state index in [0.29, 0.717) is 17.0 Å². The lowest BCUT2D eigenvalue weighted by molar-refractivity contribution is -0.122. The number of rotatable bonds is 3. The zero-order valence-electron chi connectivity index (χ0n) is 13.2. The van der Waals surface area contributed by atoms with Crippen molar-refractivity contribution in [1.29, 1.82) is 0 Å². The van der Waals surface area contributed by atoms with Crippen molar-refractivity contribution in [2.24, 2.45) is 0 Å². The minimum Gasteiger partial charge on any atom is -0.497 e. The number of benzene rings is 2. The highest BCUT2D eigenvalue weighted by Crippen LogP contribution is 2.25. The minimum absolute atomic E-state index is 0.136. The molecule has 0 bridgehead atoms. The molecule has 0 atom stereocenters. The third kappa shape index (κ3) is 3.46. The Morgan fingerprint density at radius 2 is 1.80 bits per heavy atom. The Morgan fingerprint density at radius 1 is 1.08 bits per heavy atom. The van der Waals surface area contributed by atoms with E-state index in [4.69, 9.17) is 4.74 Å². The maximum atomic E-state index is 12.7. The summed E-state index contributed by atoms with van der Waals surface area (Å²) in [5, 5.41) is 2.19. The van der Waals surface area contributed by atoms with Crippen molar-refractivity contribution in [1.82, 2.24) is 5.32 Å². The summed E-state index contributed by atoms with van der Waals surface area (Å²) in [6, 6.07) is 12.8. The monoisotopic (exact) mass is 400 g/mol. The molecule has 0 radical (unpaired) electrons. The van der Waals surface area contributed by atoms with Crippen LogP contribution in [0.5, 0.6) is 5.75 Å². The second-order valence-electron chi connectivity index (χ2n) is 5.22. The standard InChI is InChI=1S/C18H13BrN2O4/c1-25-14-8-11(7-12(19)10-14)9-15-16(22)20-18(24)21(17(15)23)13-5-3-2-4-6-13/h2-10H,1H3,(H,20,22,24)/b15-9+. The Morgan fingerprint density at radius 3 is 2.48 bits per heavy atom. The normalized spacial score (nSPS) is 16.2. The molecule has 1 N–H and O–H groups in total. The van der Waals surface area contributed by atoms with E-state index >= 15 is 0 Å². The number of amides is 4. The van der Waals surface area contributed by atoms with Crippen molar-refractivity contribution >= 4 is 45.5 Å². The van der Waals surface area contributed by atoms with Crippen molar-refractivity contribution in [3.05, 3.63) is 64.1 Å². The maximum absolute atomic E-state index is 12.7. The van der Waals surface area contributed by atoms with E-state index in [1.165, 1.54) is 13.2 Å². The molecular weight excluding hydrogens is 388 g/mol. The molecule has 4 amide bonds. The van der Waals surface area contributed by atoms with Crippen molar-refractivity contribution in [3.8, 4) is 5.75 Å². The number of barbiturate groups is 1. The first-order valence-corrected chi connectivity index (χ1v) is 8.10. The third-order valence-corrected chi connectivity index (χ3v) is 4.01. The number of nitrogens with zero attached hydrogens (tertiary/aromatic N) is 1. The summed E-state index contributed by atoms with van der Waals surface area (Å²) in [6.45, 7) is 0. The molecule has 1 aliphatic rings. The predicted molar refractivity (Wildman–Crippen MR) is 96.1 cm³/mol. The zero-order valence-corrected chi connectivity index (χ0v) is 14.7. The number of hydrogen-bond acceptors (Lipinski definition) is 4. The SMILES string of the molecule is COc1cc(Br)cc(/C=C2\C(=O)NC(=O)N(c3ccccc3)C2=O)c1. The molecule has 0 unspecified atom stereocenters. The van der Waals surface area contributed by atoms with Crippen LogP contribution >= 0.6 is 15.9 Å². The average Bonchev–Trinajstić information content (AvgIpc) is 2.59. The topological polar surface area (TPSA) is 75.7 Å². The molecule has 1 aliphatic heterocycles. The van der Waals surface area contributed by atoms with E-state index in [0.717, 1.165) is 9.37 Å². The quantitative estimate of drug-likeness (QED) is 0.634. The number of anilines is 1. The van der Waals surface area contributed by atoms with Crippen LogP contribution in [0.3, 0.4) is 0 Å². The lowest BCUT2D eigenvalue weighted by Crippen LogP contribution is -2.54. The first-order chi connectivity index (χ1) is 12.0. The highest BCUT2D eigenvalue weighted by Gasteiger charge is 2.36. The van der Waals surface area contributed by atoms with Gasteiger partial charge in [-0.3, -0.25) is 14.9 Å². The van der Waals surface area contributed by atoms with E-state index < -0.39 is 17.8 Å². The van der Waals surface area contributed by atoms with Gasteiger partial charge >= 0.3 is 6.03 Å². The fraction of sp³-hybridized carbons (Fsp3) is 0.0556. The molecule has 0 aliphatic carbocycles. The fourth-order valence-electron chi connectivity index (χ4n) is 2.42. The van der Waals surface area contributed by atoms with Crippen molar-refractivity contribution in [2.75, 3.05) is 12.0 Å². The number of carbonyl (C=O) groups excluding carboxylic acids is 3. The molecule has 1 fully saturated rings. The number of methoxy groups -OCH3 is 1. The van der Waals surface area contributed by atoms with Crippen LogP contribution in [0.2, 0.25) is 0 Å². The van der Waals surface area contributed by atoms with E-state index in [1.807, 2.05) is 0 Å². The number of halogens is 1. The van der Waals surface area contributed by atoms with Crippen LogP contribution in [-0.2, 0) is 9.59 Å². The second kappa shape index (κ2) is 6.90. The number of imide groups is 2. The number of urea groups is 1. The summed E-state index contributed by atoms with van der Waals surface area (Å²) in [4.78, 5) is 37.9. The molecule has 2 aromatic rings. The van der Waals surface area contributed by atoms with Crippen LogP contribution in [0.1, 0.15) is 5.56 Å². The summed E-state index contributed by atoms with van der Waals surface area (Å²) in [5.41, 5.74) is 0.839.